The molecule has 4 heterocycles. The molecule has 5 rings (SSSR count). The van der Waals surface area contributed by atoms with E-state index in [-0.39, 0.29) is 11.2 Å². The van der Waals surface area contributed by atoms with E-state index in [0.29, 0.717) is 24.3 Å². The van der Waals surface area contributed by atoms with Gasteiger partial charge >= 0.3 is 5.69 Å². The van der Waals surface area contributed by atoms with Gasteiger partial charge in [0.15, 0.2) is 11.2 Å². The predicted molar refractivity (Wildman–Crippen MR) is 131 cm³/mol. The molecule has 182 valence electrons. The predicted octanol–water partition coefficient (Wildman–Crippen LogP) is 1.36. The van der Waals surface area contributed by atoms with Crippen molar-refractivity contribution in [1.29, 1.82) is 0 Å². The third-order valence-electron chi connectivity index (χ3n) is 7.20. The zero-order valence-corrected chi connectivity index (χ0v) is 20.2. The van der Waals surface area contributed by atoms with Crippen molar-refractivity contribution in [2.45, 2.75) is 38.8 Å². The molecule has 0 bridgehead atoms. The summed E-state index contributed by atoms with van der Waals surface area (Å²) >= 11 is 0. The number of piperidine rings is 1. The zero-order chi connectivity index (χ0) is 23.7. The molecule has 9 heteroatoms. The van der Waals surface area contributed by atoms with Crippen molar-refractivity contribution in [3.05, 3.63) is 56.5 Å². The fourth-order valence-corrected chi connectivity index (χ4v) is 5.08. The van der Waals surface area contributed by atoms with E-state index >= 15 is 0 Å². The van der Waals surface area contributed by atoms with E-state index in [1.54, 1.807) is 7.05 Å². The van der Waals surface area contributed by atoms with E-state index in [4.69, 9.17) is 4.74 Å². The highest BCUT2D eigenvalue weighted by atomic mass is 16.5. The molecule has 0 amide bonds. The molecule has 0 N–H and O–H groups in total. The SMILES string of the molecule is Cn1c(=O)c2c(nc3n2CCN(CCc2ccc(OCCN4CCCCC4)cc2)C3)n(C)c1=O. The minimum absolute atomic E-state index is 0.275. The molecular formula is C25H34N6O3. The first-order valence-corrected chi connectivity index (χ1v) is 12.3. The summed E-state index contributed by atoms with van der Waals surface area (Å²) in [4.78, 5) is 34.4. The number of benzene rings is 1. The first-order valence-electron chi connectivity index (χ1n) is 12.3. The highest BCUT2D eigenvalue weighted by Gasteiger charge is 2.24. The van der Waals surface area contributed by atoms with Crippen molar-refractivity contribution in [2.75, 3.05) is 39.3 Å². The number of fused-ring (bicyclic) bond motifs is 3. The van der Waals surface area contributed by atoms with Gasteiger partial charge in [-0.05, 0) is 50.0 Å². The summed E-state index contributed by atoms with van der Waals surface area (Å²) in [5, 5.41) is 0. The van der Waals surface area contributed by atoms with E-state index in [0.717, 1.165) is 48.8 Å². The van der Waals surface area contributed by atoms with E-state index in [1.807, 2.05) is 4.57 Å². The van der Waals surface area contributed by atoms with E-state index in [9.17, 15) is 9.59 Å². The fraction of sp³-hybridized carbons (Fsp3) is 0.560. The number of aryl methyl sites for hydroxylation is 1. The number of likely N-dealkylation sites (tertiary alicyclic amines) is 1. The van der Waals surface area contributed by atoms with Gasteiger partial charge < -0.3 is 9.30 Å². The van der Waals surface area contributed by atoms with Gasteiger partial charge in [0.1, 0.15) is 18.2 Å². The molecule has 2 aromatic heterocycles. The van der Waals surface area contributed by atoms with Gasteiger partial charge in [-0.3, -0.25) is 23.7 Å². The molecule has 0 unspecified atom stereocenters. The van der Waals surface area contributed by atoms with Crippen LogP contribution in [0.15, 0.2) is 33.9 Å². The summed E-state index contributed by atoms with van der Waals surface area (Å²) in [6.45, 7) is 7.27. The van der Waals surface area contributed by atoms with Crippen molar-refractivity contribution in [2.24, 2.45) is 14.1 Å². The summed E-state index contributed by atoms with van der Waals surface area (Å²) in [6.07, 6.45) is 4.91. The number of ether oxygens (including phenoxy) is 1. The van der Waals surface area contributed by atoms with Crippen LogP contribution in [0.2, 0.25) is 0 Å². The summed E-state index contributed by atoms with van der Waals surface area (Å²) < 4.78 is 10.5. The maximum atomic E-state index is 12.7. The zero-order valence-electron chi connectivity index (χ0n) is 20.2. The molecule has 0 aliphatic carbocycles. The average Bonchev–Trinajstić information content (AvgIpc) is 3.25. The van der Waals surface area contributed by atoms with Gasteiger partial charge in [0.2, 0.25) is 0 Å². The van der Waals surface area contributed by atoms with Gasteiger partial charge in [0.05, 0.1) is 6.54 Å². The average molecular weight is 467 g/mol. The maximum Gasteiger partial charge on any atom is 0.332 e. The van der Waals surface area contributed by atoms with Crippen LogP contribution in [0.5, 0.6) is 5.75 Å². The Morgan fingerprint density at radius 3 is 2.41 bits per heavy atom. The van der Waals surface area contributed by atoms with Gasteiger partial charge in [-0.1, -0.05) is 18.6 Å². The summed E-state index contributed by atoms with van der Waals surface area (Å²) in [5.41, 5.74) is 1.65. The fourth-order valence-electron chi connectivity index (χ4n) is 5.08. The Kier molecular flexibility index (Phi) is 6.56. The third kappa shape index (κ3) is 4.54. The second-order valence-corrected chi connectivity index (χ2v) is 9.48. The number of aromatic nitrogens is 4. The highest BCUT2D eigenvalue weighted by molar-refractivity contribution is 5.71. The smallest absolute Gasteiger partial charge is 0.332 e. The maximum absolute atomic E-state index is 12.7. The summed E-state index contributed by atoms with van der Waals surface area (Å²) in [5.74, 6) is 1.77. The molecule has 0 atom stereocenters. The van der Waals surface area contributed by atoms with Crippen LogP contribution in [-0.2, 0) is 33.6 Å². The van der Waals surface area contributed by atoms with Crippen molar-refractivity contribution in [3.8, 4) is 5.75 Å². The van der Waals surface area contributed by atoms with Crippen LogP contribution in [-0.4, -0.2) is 67.8 Å². The number of hydrogen-bond acceptors (Lipinski definition) is 6. The highest BCUT2D eigenvalue weighted by Crippen LogP contribution is 2.19. The monoisotopic (exact) mass is 466 g/mol. The summed E-state index contributed by atoms with van der Waals surface area (Å²) in [7, 11) is 3.19. The van der Waals surface area contributed by atoms with Crippen LogP contribution in [0, 0.1) is 0 Å². The standard InChI is InChI=1S/C25H34N6O3/c1-27-23-22(24(32)28(2)25(27)33)31-15-14-30(18-21(31)26-23)13-10-19-6-8-20(9-7-19)34-17-16-29-11-4-3-5-12-29/h6-9H,3-5,10-18H2,1-2H3. The Morgan fingerprint density at radius 1 is 0.882 bits per heavy atom. The van der Waals surface area contributed by atoms with Crippen molar-refractivity contribution in [1.82, 2.24) is 28.5 Å². The van der Waals surface area contributed by atoms with Crippen LogP contribution in [0.4, 0.5) is 0 Å². The Morgan fingerprint density at radius 2 is 1.65 bits per heavy atom. The molecule has 2 aliphatic heterocycles. The molecule has 3 aromatic rings. The molecular weight excluding hydrogens is 432 g/mol. The van der Waals surface area contributed by atoms with Gasteiger partial charge in [-0.25, -0.2) is 9.78 Å². The van der Waals surface area contributed by atoms with Crippen molar-refractivity contribution >= 4 is 11.2 Å². The molecule has 2 aliphatic rings. The lowest BCUT2D eigenvalue weighted by atomic mass is 10.1. The Labute approximate surface area is 199 Å². The van der Waals surface area contributed by atoms with Crippen LogP contribution >= 0.6 is 0 Å². The van der Waals surface area contributed by atoms with Crippen LogP contribution in [0.25, 0.3) is 11.2 Å². The first kappa shape index (κ1) is 22.9. The lowest BCUT2D eigenvalue weighted by Gasteiger charge is -2.27. The van der Waals surface area contributed by atoms with Crippen molar-refractivity contribution in [3.63, 3.8) is 0 Å². The Hall–Kier alpha value is -2.91. The molecule has 0 saturated carbocycles. The molecule has 34 heavy (non-hydrogen) atoms. The number of imidazole rings is 1. The molecule has 1 saturated heterocycles. The number of hydrogen-bond donors (Lipinski definition) is 0. The summed E-state index contributed by atoms with van der Waals surface area (Å²) in [6, 6.07) is 8.43. The minimum Gasteiger partial charge on any atom is -0.492 e. The number of rotatable bonds is 7. The van der Waals surface area contributed by atoms with Gasteiger partial charge in [-0.2, -0.15) is 0 Å². The quantitative estimate of drug-likeness (QED) is 0.523. The Bertz CT molecular complexity index is 1270. The molecule has 0 radical (unpaired) electrons. The normalized spacial score (nSPS) is 17.2. The van der Waals surface area contributed by atoms with Crippen LogP contribution in [0.1, 0.15) is 30.7 Å². The lowest BCUT2D eigenvalue weighted by Crippen LogP contribution is -2.39. The van der Waals surface area contributed by atoms with E-state index in [2.05, 4.69) is 39.0 Å². The largest absolute Gasteiger partial charge is 0.492 e. The van der Waals surface area contributed by atoms with Gasteiger partial charge in [-0.15, -0.1) is 0 Å². The van der Waals surface area contributed by atoms with E-state index < -0.39 is 0 Å². The Balaban J connectivity index is 1.16. The minimum atomic E-state index is -0.344. The van der Waals surface area contributed by atoms with E-state index in [1.165, 1.54) is 49.5 Å². The molecule has 1 aromatic carbocycles. The third-order valence-corrected chi connectivity index (χ3v) is 7.20. The number of nitrogens with zero attached hydrogens (tertiary/aromatic N) is 6. The molecule has 9 nitrogen and oxygen atoms in total. The topological polar surface area (TPSA) is 77.5 Å². The van der Waals surface area contributed by atoms with Gasteiger partial charge in [0.25, 0.3) is 5.56 Å². The second-order valence-electron chi connectivity index (χ2n) is 9.48. The second kappa shape index (κ2) is 9.76. The first-order chi connectivity index (χ1) is 16.5. The molecule has 0 spiro atoms. The van der Waals surface area contributed by atoms with Crippen LogP contribution in [0.3, 0.4) is 0 Å². The van der Waals surface area contributed by atoms with Gasteiger partial charge in [0, 0.05) is 40.3 Å². The van der Waals surface area contributed by atoms with Crippen molar-refractivity contribution < 1.29 is 4.74 Å². The van der Waals surface area contributed by atoms with Crippen LogP contribution < -0.4 is 16.0 Å². The molecule has 1 fully saturated rings. The lowest BCUT2D eigenvalue weighted by molar-refractivity contribution is 0.183.